The van der Waals surface area contributed by atoms with Crippen LogP contribution in [-0.4, -0.2) is 48.1 Å². The highest BCUT2D eigenvalue weighted by molar-refractivity contribution is 6.35. The Labute approximate surface area is 187 Å². The molecule has 166 valence electrons. The number of ether oxygens (including phenoxy) is 3. The summed E-state index contributed by atoms with van der Waals surface area (Å²) in [5.74, 6) is 1.55. The van der Waals surface area contributed by atoms with Gasteiger partial charge in [-0.3, -0.25) is 14.5 Å². The minimum Gasteiger partial charge on any atom is -0.494 e. The van der Waals surface area contributed by atoms with Gasteiger partial charge in [-0.1, -0.05) is 18.2 Å². The van der Waals surface area contributed by atoms with Crippen LogP contribution in [-0.2, 0) is 16.1 Å². The first kappa shape index (κ1) is 20.4. The third kappa shape index (κ3) is 3.68. The van der Waals surface area contributed by atoms with E-state index >= 15 is 0 Å². The number of imide groups is 1. The number of hydrogen-bond donors (Lipinski definition) is 0. The number of likely N-dealkylation sites (tertiary alicyclic amines) is 1. The van der Waals surface area contributed by atoms with Crippen LogP contribution in [0.1, 0.15) is 37.3 Å². The molecule has 32 heavy (non-hydrogen) atoms. The van der Waals surface area contributed by atoms with Gasteiger partial charge in [-0.15, -0.1) is 0 Å². The topological polar surface area (TPSA) is 68.3 Å². The third-order valence-electron chi connectivity index (χ3n) is 6.05. The molecule has 0 saturated carbocycles. The molecule has 3 aliphatic rings. The van der Waals surface area contributed by atoms with Gasteiger partial charge in [-0.25, -0.2) is 0 Å². The lowest BCUT2D eigenvalue weighted by Crippen LogP contribution is -2.36. The summed E-state index contributed by atoms with van der Waals surface area (Å²) in [4.78, 5) is 30.5. The molecule has 5 rings (SSSR count). The van der Waals surface area contributed by atoms with E-state index in [9.17, 15) is 9.59 Å². The molecule has 0 N–H and O–H groups in total. The molecule has 0 radical (unpaired) electrons. The van der Waals surface area contributed by atoms with Gasteiger partial charge in [0.2, 0.25) is 6.79 Å². The summed E-state index contributed by atoms with van der Waals surface area (Å²) in [5, 5.41) is 0. The van der Waals surface area contributed by atoms with Gasteiger partial charge in [-0.2, -0.15) is 0 Å². The van der Waals surface area contributed by atoms with Crippen molar-refractivity contribution >= 4 is 17.4 Å². The lowest BCUT2D eigenvalue weighted by Gasteiger charge is -2.29. The molecule has 0 aliphatic carbocycles. The van der Waals surface area contributed by atoms with Gasteiger partial charge in [0.05, 0.1) is 18.7 Å². The highest BCUT2D eigenvalue weighted by Gasteiger charge is 2.41. The van der Waals surface area contributed by atoms with E-state index in [4.69, 9.17) is 14.2 Å². The smallest absolute Gasteiger partial charge is 0.278 e. The standard InChI is InChI=1S/C25H26N2O5/c1-2-30-19-9-7-18(8-10-19)22-23(26-12-4-3-5-13-26)25(29)27(24(22)28)15-17-6-11-20-21(14-17)32-16-31-20/h6-11,14H,2-5,12-13,15-16H2,1H3. The van der Waals surface area contributed by atoms with Gasteiger partial charge in [-0.05, 0) is 61.6 Å². The van der Waals surface area contributed by atoms with E-state index in [-0.39, 0.29) is 25.2 Å². The summed E-state index contributed by atoms with van der Waals surface area (Å²) in [7, 11) is 0. The zero-order valence-electron chi connectivity index (χ0n) is 18.1. The fraction of sp³-hybridized carbons (Fsp3) is 0.360. The summed E-state index contributed by atoms with van der Waals surface area (Å²) in [6.45, 7) is 4.44. The average molecular weight is 434 g/mol. The van der Waals surface area contributed by atoms with Crippen molar-refractivity contribution in [2.75, 3.05) is 26.5 Å². The Hall–Kier alpha value is -3.48. The van der Waals surface area contributed by atoms with Crippen LogP contribution in [0.4, 0.5) is 0 Å². The van der Waals surface area contributed by atoms with Crippen LogP contribution >= 0.6 is 0 Å². The summed E-state index contributed by atoms with van der Waals surface area (Å²) in [5.41, 5.74) is 2.54. The Morgan fingerprint density at radius 2 is 1.66 bits per heavy atom. The molecule has 0 spiro atoms. The van der Waals surface area contributed by atoms with Crippen molar-refractivity contribution < 1.29 is 23.8 Å². The number of amides is 2. The van der Waals surface area contributed by atoms with E-state index in [0.717, 1.165) is 49.2 Å². The number of hydrogen-bond acceptors (Lipinski definition) is 6. The van der Waals surface area contributed by atoms with Gasteiger partial charge in [0.1, 0.15) is 11.4 Å². The van der Waals surface area contributed by atoms with Crippen LogP contribution in [0, 0.1) is 0 Å². The Balaban J connectivity index is 1.48. The van der Waals surface area contributed by atoms with Crippen molar-refractivity contribution in [3.8, 4) is 17.2 Å². The maximum absolute atomic E-state index is 13.6. The number of fused-ring (bicyclic) bond motifs is 1. The molecule has 0 aromatic heterocycles. The van der Waals surface area contributed by atoms with Gasteiger partial charge in [0, 0.05) is 13.1 Å². The summed E-state index contributed by atoms with van der Waals surface area (Å²) in [6.07, 6.45) is 3.18. The summed E-state index contributed by atoms with van der Waals surface area (Å²) >= 11 is 0. The summed E-state index contributed by atoms with van der Waals surface area (Å²) in [6, 6.07) is 12.9. The molecule has 7 heteroatoms. The molecule has 3 heterocycles. The number of piperidine rings is 1. The Morgan fingerprint density at radius 3 is 2.41 bits per heavy atom. The Bertz CT molecular complexity index is 1070. The molecule has 7 nitrogen and oxygen atoms in total. The SMILES string of the molecule is CCOc1ccc(C2=C(N3CCCCC3)C(=O)N(Cc3ccc4c(c3)OCO4)C2=O)cc1. The van der Waals surface area contributed by atoms with E-state index in [0.29, 0.717) is 29.4 Å². The first-order valence-corrected chi connectivity index (χ1v) is 11.1. The van der Waals surface area contributed by atoms with Crippen LogP contribution in [0.25, 0.3) is 5.57 Å². The van der Waals surface area contributed by atoms with Gasteiger partial charge >= 0.3 is 0 Å². The lowest BCUT2D eigenvalue weighted by atomic mass is 10.0. The Morgan fingerprint density at radius 1 is 0.906 bits per heavy atom. The number of rotatable bonds is 6. The highest BCUT2D eigenvalue weighted by Crippen LogP contribution is 2.36. The van der Waals surface area contributed by atoms with E-state index in [1.54, 1.807) is 0 Å². The Kier molecular flexibility index (Phi) is 5.47. The van der Waals surface area contributed by atoms with Crippen LogP contribution in [0.5, 0.6) is 17.2 Å². The third-order valence-corrected chi connectivity index (χ3v) is 6.05. The largest absolute Gasteiger partial charge is 0.494 e. The van der Waals surface area contributed by atoms with Crippen LogP contribution in [0.2, 0.25) is 0 Å². The van der Waals surface area contributed by atoms with E-state index in [1.807, 2.05) is 49.4 Å². The first-order chi connectivity index (χ1) is 15.7. The number of nitrogens with zero attached hydrogens (tertiary/aromatic N) is 2. The maximum atomic E-state index is 13.6. The van der Waals surface area contributed by atoms with Crippen LogP contribution < -0.4 is 14.2 Å². The zero-order chi connectivity index (χ0) is 22.1. The summed E-state index contributed by atoms with van der Waals surface area (Å²) < 4.78 is 16.4. The molecule has 1 fully saturated rings. The van der Waals surface area contributed by atoms with Crippen molar-refractivity contribution in [3.05, 3.63) is 59.3 Å². The first-order valence-electron chi connectivity index (χ1n) is 11.1. The van der Waals surface area contributed by atoms with Crippen LogP contribution in [0.3, 0.4) is 0 Å². The van der Waals surface area contributed by atoms with Crippen molar-refractivity contribution in [1.29, 1.82) is 0 Å². The van der Waals surface area contributed by atoms with Gasteiger partial charge in [0.25, 0.3) is 11.8 Å². The minimum atomic E-state index is -0.266. The van der Waals surface area contributed by atoms with Crippen molar-refractivity contribution in [3.63, 3.8) is 0 Å². The molecule has 3 aliphatic heterocycles. The highest BCUT2D eigenvalue weighted by atomic mass is 16.7. The average Bonchev–Trinajstić information content (AvgIpc) is 3.38. The molecular formula is C25H26N2O5. The van der Waals surface area contributed by atoms with Crippen molar-refractivity contribution in [2.45, 2.75) is 32.7 Å². The van der Waals surface area contributed by atoms with Gasteiger partial charge < -0.3 is 19.1 Å². The molecular weight excluding hydrogens is 408 g/mol. The molecule has 1 saturated heterocycles. The minimum absolute atomic E-state index is 0.183. The van der Waals surface area contributed by atoms with E-state index in [2.05, 4.69) is 4.90 Å². The molecule has 0 bridgehead atoms. The number of carbonyl (C=O) groups excluding carboxylic acids is 2. The number of benzene rings is 2. The predicted molar refractivity (Wildman–Crippen MR) is 118 cm³/mol. The monoisotopic (exact) mass is 434 g/mol. The van der Waals surface area contributed by atoms with Gasteiger partial charge in [0.15, 0.2) is 11.5 Å². The maximum Gasteiger partial charge on any atom is 0.278 e. The molecule has 0 atom stereocenters. The second-order valence-corrected chi connectivity index (χ2v) is 8.11. The van der Waals surface area contributed by atoms with Crippen LogP contribution in [0.15, 0.2) is 48.2 Å². The lowest BCUT2D eigenvalue weighted by molar-refractivity contribution is -0.138. The fourth-order valence-electron chi connectivity index (χ4n) is 4.48. The van der Waals surface area contributed by atoms with E-state index in [1.165, 1.54) is 4.90 Å². The molecule has 2 aromatic carbocycles. The molecule has 2 aromatic rings. The fourth-order valence-corrected chi connectivity index (χ4v) is 4.48. The molecule has 2 amide bonds. The second-order valence-electron chi connectivity index (χ2n) is 8.11. The van der Waals surface area contributed by atoms with E-state index < -0.39 is 0 Å². The second kappa shape index (κ2) is 8.57. The van der Waals surface area contributed by atoms with Crippen molar-refractivity contribution in [1.82, 2.24) is 9.80 Å². The molecule has 0 unspecified atom stereocenters. The normalized spacial score (nSPS) is 18.0. The predicted octanol–water partition coefficient (Wildman–Crippen LogP) is 3.58. The number of carbonyl (C=O) groups is 2. The quantitative estimate of drug-likeness (QED) is 0.648. The zero-order valence-corrected chi connectivity index (χ0v) is 18.1. The van der Waals surface area contributed by atoms with Crippen molar-refractivity contribution in [2.24, 2.45) is 0 Å².